The maximum atomic E-state index is 12.2. The number of benzene rings is 1. The van der Waals surface area contributed by atoms with Crippen molar-refractivity contribution in [2.75, 3.05) is 0 Å². The van der Waals surface area contributed by atoms with E-state index in [0.717, 1.165) is 25.2 Å². The third kappa shape index (κ3) is 4.70. The van der Waals surface area contributed by atoms with E-state index in [-0.39, 0.29) is 5.91 Å². The number of amides is 2. The van der Waals surface area contributed by atoms with Crippen LogP contribution >= 0.6 is 0 Å². The summed E-state index contributed by atoms with van der Waals surface area (Å²) in [6.45, 7) is 1.17. The predicted molar refractivity (Wildman–Crippen MR) is 95.9 cm³/mol. The number of aryl methyl sites for hydroxylation is 2. The fourth-order valence-corrected chi connectivity index (χ4v) is 3.13. The van der Waals surface area contributed by atoms with Gasteiger partial charge in [-0.05, 0) is 31.2 Å². The van der Waals surface area contributed by atoms with Gasteiger partial charge in [-0.25, -0.2) is 4.98 Å². The maximum absolute atomic E-state index is 12.2. The van der Waals surface area contributed by atoms with Crippen molar-refractivity contribution < 1.29 is 14.3 Å². The molecule has 7 nitrogen and oxygen atoms in total. The summed E-state index contributed by atoms with van der Waals surface area (Å²) < 4.78 is 7.43. The molecule has 3 N–H and O–H groups in total. The highest BCUT2D eigenvalue weighted by molar-refractivity contribution is 5.84. The number of imidazole rings is 1. The van der Waals surface area contributed by atoms with E-state index in [1.54, 1.807) is 6.20 Å². The van der Waals surface area contributed by atoms with Gasteiger partial charge in [-0.1, -0.05) is 30.3 Å². The van der Waals surface area contributed by atoms with Crippen LogP contribution in [0, 0.1) is 0 Å². The number of ether oxygens (including phenoxy) is 1. The lowest BCUT2D eigenvalue weighted by molar-refractivity contribution is -0.137. The van der Waals surface area contributed by atoms with Crippen LogP contribution in [0.3, 0.4) is 0 Å². The minimum Gasteiger partial charge on any atom is -0.367 e. The van der Waals surface area contributed by atoms with Crippen LogP contribution in [0.1, 0.15) is 30.7 Å². The molecule has 1 aromatic carbocycles. The number of aromatic nitrogens is 2. The summed E-state index contributed by atoms with van der Waals surface area (Å²) >= 11 is 0. The fraction of sp³-hybridized carbons (Fsp3) is 0.421. The van der Waals surface area contributed by atoms with Gasteiger partial charge in [0.1, 0.15) is 18.0 Å². The molecular weight excluding hydrogens is 332 g/mol. The monoisotopic (exact) mass is 356 g/mol. The Morgan fingerprint density at radius 3 is 2.73 bits per heavy atom. The van der Waals surface area contributed by atoms with Crippen LogP contribution in [0.5, 0.6) is 0 Å². The second-order valence-corrected chi connectivity index (χ2v) is 6.44. The Labute approximate surface area is 152 Å². The Morgan fingerprint density at radius 2 is 2.00 bits per heavy atom. The lowest BCUT2D eigenvalue weighted by Crippen LogP contribution is -2.36. The summed E-state index contributed by atoms with van der Waals surface area (Å²) in [5.74, 6) is 0.0534. The average molecular weight is 356 g/mol. The van der Waals surface area contributed by atoms with Gasteiger partial charge in [0.2, 0.25) is 11.8 Å². The molecule has 0 unspecified atom stereocenters. The van der Waals surface area contributed by atoms with Crippen LogP contribution in [-0.4, -0.2) is 33.6 Å². The number of hydrogen-bond donors (Lipinski definition) is 2. The van der Waals surface area contributed by atoms with Crippen LogP contribution in [-0.2, 0) is 33.8 Å². The molecule has 1 aliphatic heterocycles. The van der Waals surface area contributed by atoms with Crippen LogP contribution in [0.4, 0.5) is 0 Å². The van der Waals surface area contributed by atoms with Crippen molar-refractivity contribution in [3.05, 3.63) is 54.1 Å². The molecule has 1 aliphatic rings. The van der Waals surface area contributed by atoms with Crippen molar-refractivity contribution in [2.24, 2.45) is 5.73 Å². The van der Waals surface area contributed by atoms with Crippen LogP contribution < -0.4 is 11.1 Å². The topological polar surface area (TPSA) is 99.2 Å². The Balaban J connectivity index is 1.45. The summed E-state index contributed by atoms with van der Waals surface area (Å²) in [6.07, 6.45) is 5.36. The smallest absolute Gasteiger partial charge is 0.249 e. The second-order valence-electron chi connectivity index (χ2n) is 6.44. The number of hydrogen-bond acceptors (Lipinski definition) is 4. The van der Waals surface area contributed by atoms with Crippen molar-refractivity contribution in [3.63, 3.8) is 0 Å². The predicted octanol–water partition coefficient (Wildman–Crippen LogP) is 1.17. The minimum atomic E-state index is -0.661. The summed E-state index contributed by atoms with van der Waals surface area (Å²) in [4.78, 5) is 27.6. The summed E-state index contributed by atoms with van der Waals surface area (Å²) in [5.41, 5.74) is 6.52. The first kappa shape index (κ1) is 18.1. The second kappa shape index (κ2) is 8.62. The van der Waals surface area contributed by atoms with E-state index >= 15 is 0 Å². The molecule has 1 fully saturated rings. The summed E-state index contributed by atoms with van der Waals surface area (Å²) in [6, 6.07) is 10.3. The van der Waals surface area contributed by atoms with E-state index in [1.807, 2.05) is 29.0 Å². The van der Waals surface area contributed by atoms with Gasteiger partial charge in [0.05, 0.1) is 6.54 Å². The van der Waals surface area contributed by atoms with E-state index in [0.29, 0.717) is 19.4 Å². The first-order valence-corrected chi connectivity index (χ1v) is 8.90. The Morgan fingerprint density at radius 1 is 1.23 bits per heavy atom. The SMILES string of the molecule is NC(=O)[C@@H]1CC[C@H](C(=O)NCc2nccn2CCCc2ccccc2)O1. The number of rotatable bonds is 8. The highest BCUT2D eigenvalue weighted by atomic mass is 16.5. The molecule has 0 radical (unpaired) electrons. The molecule has 3 rings (SSSR count). The molecule has 1 saturated heterocycles. The van der Waals surface area contributed by atoms with Gasteiger partial charge in [-0.2, -0.15) is 0 Å². The molecule has 26 heavy (non-hydrogen) atoms. The van der Waals surface area contributed by atoms with Gasteiger partial charge in [0.25, 0.3) is 0 Å². The third-order valence-electron chi connectivity index (χ3n) is 4.56. The molecule has 138 valence electrons. The molecule has 7 heteroatoms. The zero-order valence-corrected chi connectivity index (χ0v) is 14.6. The van der Waals surface area contributed by atoms with E-state index in [4.69, 9.17) is 10.5 Å². The van der Waals surface area contributed by atoms with Crippen molar-refractivity contribution in [3.8, 4) is 0 Å². The first-order chi connectivity index (χ1) is 12.6. The number of carbonyl (C=O) groups is 2. The van der Waals surface area contributed by atoms with Crippen LogP contribution in [0.25, 0.3) is 0 Å². The molecular formula is C19H24N4O3. The molecule has 2 aromatic rings. The average Bonchev–Trinajstić information content (AvgIpc) is 3.30. The molecule has 0 spiro atoms. The zero-order chi connectivity index (χ0) is 18.4. The Kier molecular flexibility index (Phi) is 6.01. The summed E-state index contributed by atoms with van der Waals surface area (Å²) in [5, 5.41) is 2.84. The van der Waals surface area contributed by atoms with E-state index in [9.17, 15) is 9.59 Å². The van der Waals surface area contributed by atoms with Crippen LogP contribution in [0.2, 0.25) is 0 Å². The quantitative estimate of drug-likeness (QED) is 0.741. The lowest BCUT2D eigenvalue weighted by Gasteiger charge is -2.13. The van der Waals surface area contributed by atoms with Gasteiger partial charge in [-0.3, -0.25) is 9.59 Å². The Hall–Kier alpha value is -2.67. The van der Waals surface area contributed by atoms with Gasteiger partial charge in [0.15, 0.2) is 0 Å². The van der Waals surface area contributed by atoms with E-state index in [2.05, 4.69) is 22.4 Å². The molecule has 2 amide bonds. The number of carbonyl (C=O) groups excluding carboxylic acids is 2. The highest BCUT2D eigenvalue weighted by Crippen LogP contribution is 2.19. The standard InChI is InChI=1S/C19H24N4O3/c20-18(24)15-8-9-16(26-15)19(25)22-13-17-21-10-12-23(17)11-4-7-14-5-2-1-3-6-14/h1-3,5-6,10,12,15-16H,4,7-9,11,13H2,(H2,20,24)(H,22,25)/t15-,16+/m0/s1. The highest BCUT2D eigenvalue weighted by Gasteiger charge is 2.33. The summed E-state index contributed by atoms with van der Waals surface area (Å²) in [7, 11) is 0. The number of nitrogens with zero attached hydrogens (tertiary/aromatic N) is 2. The number of primary amides is 1. The van der Waals surface area contributed by atoms with Gasteiger partial charge in [0, 0.05) is 18.9 Å². The maximum Gasteiger partial charge on any atom is 0.249 e. The molecule has 2 heterocycles. The van der Waals surface area contributed by atoms with E-state index < -0.39 is 18.1 Å². The van der Waals surface area contributed by atoms with Crippen molar-refractivity contribution >= 4 is 11.8 Å². The van der Waals surface area contributed by atoms with Crippen molar-refractivity contribution in [1.29, 1.82) is 0 Å². The molecule has 2 atom stereocenters. The zero-order valence-electron chi connectivity index (χ0n) is 14.6. The fourth-order valence-electron chi connectivity index (χ4n) is 3.13. The van der Waals surface area contributed by atoms with E-state index in [1.165, 1.54) is 5.56 Å². The Bertz CT molecular complexity index is 744. The van der Waals surface area contributed by atoms with Gasteiger partial charge in [-0.15, -0.1) is 0 Å². The van der Waals surface area contributed by atoms with Crippen molar-refractivity contribution in [2.45, 2.75) is 51.0 Å². The van der Waals surface area contributed by atoms with Crippen molar-refractivity contribution in [1.82, 2.24) is 14.9 Å². The first-order valence-electron chi connectivity index (χ1n) is 8.90. The number of nitrogens with two attached hydrogens (primary N) is 1. The molecule has 0 aliphatic carbocycles. The minimum absolute atomic E-state index is 0.229. The number of nitrogens with one attached hydrogen (secondary N) is 1. The largest absolute Gasteiger partial charge is 0.367 e. The third-order valence-corrected chi connectivity index (χ3v) is 4.56. The van der Waals surface area contributed by atoms with Gasteiger partial charge >= 0.3 is 0 Å². The normalized spacial score (nSPS) is 19.4. The molecule has 0 saturated carbocycles. The van der Waals surface area contributed by atoms with Crippen LogP contribution in [0.15, 0.2) is 42.7 Å². The molecule has 1 aromatic heterocycles. The lowest BCUT2D eigenvalue weighted by atomic mass is 10.1. The van der Waals surface area contributed by atoms with Gasteiger partial charge < -0.3 is 20.4 Å². The molecule has 0 bridgehead atoms.